The lowest BCUT2D eigenvalue weighted by Gasteiger charge is -2.14. The van der Waals surface area contributed by atoms with Gasteiger partial charge in [-0.2, -0.15) is 0 Å². The van der Waals surface area contributed by atoms with Gasteiger partial charge in [-0.15, -0.1) is 0 Å². The van der Waals surface area contributed by atoms with Crippen LogP contribution in [0.3, 0.4) is 0 Å². The zero-order valence-corrected chi connectivity index (χ0v) is 9.37. The molecular formula is C12H22N2O. The molecule has 0 radical (unpaired) electrons. The maximum Gasteiger partial charge on any atom is 0.220 e. The maximum absolute atomic E-state index is 11.6. The van der Waals surface area contributed by atoms with Crippen molar-refractivity contribution in [3.63, 3.8) is 0 Å². The number of carbonyl (C=O) groups is 1. The van der Waals surface area contributed by atoms with Crippen LogP contribution in [-0.4, -0.2) is 18.5 Å². The summed E-state index contributed by atoms with van der Waals surface area (Å²) in [6, 6.07) is 0.263. The molecule has 15 heavy (non-hydrogen) atoms. The highest BCUT2D eigenvalue weighted by Crippen LogP contribution is 2.31. The third-order valence-corrected chi connectivity index (χ3v) is 3.74. The second kappa shape index (κ2) is 4.97. The number of carbonyl (C=O) groups excluding carboxylic acids is 1. The van der Waals surface area contributed by atoms with Crippen LogP contribution in [0.4, 0.5) is 0 Å². The molecule has 0 aromatic rings. The van der Waals surface area contributed by atoms with Gasteiger partial charge in [0.1, 0.15) is 0 Å². The zero-order chi connectivity index (χ0) is 10.7. The van der Waals surface area contributed by atoms with Gasteiger partial charge in [0.15, 0.2) is 0 Å². The molecule has 0 spiro atoms. The Balaban J connectivity index is 1.58. The molecule has 2 aliphatic carbocycles. The van der Waals surface area contributed by atoms with Gasteiger partial charge in [0, 0.05) is 19.0 Å². The van der Waals surface area contributed by atoms with E-state index in [1.807, 2.05) is 0 Å². The van der Waals surface area contributed by atoms with E-state index in [9.17, 15) is 4.79 Å². The van der Waals surface area contributed by atoms with E-state index in [0.29, 0.717) is 12.3 Å². The first-order valence-electron chi connectivity index (χ1n) is 6.28. The molecule has 0 saturated heterocycles. The summed E-state index contributed by atoms with van der Waals surface area (Å²) in [6.07, 6.45) is 7.97. The van der Waals surface area contributed by atoms with Gasteiger partial charge in [-0.05, 0) is 31.1 Å². The van der Waals surface area contributed by atoms with E-state index < -0.39 is 0 Å². The van der Waals surface area contributed by atoms with Gasteiger partial charge in [0.05, 0.1) is 0 Å². The van der Waals surface area contributed by atoms with Gasteiger partial charge in [-0.25, -0.2) is 0 Å². The van der Waals surface area contributed by atoms with Gasteiger partial charge in [-0.3, -0.25) is 4.79 Å². The Morgan fingerprint density at radius 1 is 1.27 bits per heavy atom. The van der Waals surface area contributed by atoms with Gasteiger partial charge in [0.2, 0.25) is 5.91 Å². The smallest absolute Gasteiger partial charge is 0.220 e. The summed E-state index contributed by atoms with van der Waals surface area (Å²) < 4.78 is 0. The number of nitrogens with one attached hydrogen (secondary N) is 1. The monoisotopic (exact) mass is 210 g/mol. The number of hydrogen-bond donors (Lipinski definition) is 2. The first kappa shape index (κ1) is 10.9. The van der Waals surface area contributed by atoms with E-state index in [1.165, 1.54) is 25.7 Å². The van der Waals surface area contributed by atoms with Gasteiger partial charge in [0.25, 0.3) is 0 Å². The van der Waals surface area contributed by atoms with Crippen LogP contribution in [0.5, 0.6) is 0 Å². The quantitative estimate of drug-likeness (QED) is 0.721. The molecule has 2 atom stereocenters. The average molecular weight is 210 g/mol. The molecule has 2 fully saturated rings. The second-order valence-electron chi connectivity index (χ2n) is 5.14. The molecule has 2 aliphatic rings. The fourth-order valence-electron chi connectivity index (χ4n) is 2.45. The number of rotatable bonds is 5. The predicted octanol–water partition coefficient (Wildman–Crippen LogP) is 1.42. The number of amides is 1. The fraction of sp³-hybridized carbons (Fsp3) is 0.917. The van der Waals surface area contributed by atoms with Gasteiger partial charge in [-0.1, -0.05) is 19.3 Å². The highest BCUT2D eigenvalue weighted by atomic mass is 16.1. The van der Waals surface area contributed by atoms with Crippen LogP contribution in [0, 0.1) is 11.8 Å². The second-order valence-corrected chi connectivity index (χ2v) is 5.14. The maximum atomic E-state index is 11.6. The molecule has 0 aliphatic heterocycles. The Labute approximate surface area is 91.8 Å². The first-order chi connectivity index (χ1) is 7.25. The summed E-state index contributed by atoms with van der Waals surface area (Å²) in [5, 5.41) is 3.01. The molecule has 0 bridgehead atoms. The average Bonchev–Trinajstić information content (AvgIpc) is 2.93. The minimum Gasteiger partial charge on any atom is -0.356 e. The van der Waals surface area contributed by atoms with Crippen LogP contribution in [-0.2, 0) is 4.79 Å². The number of hydrogen-bond acceptors (Lipinski definition) is 2. The van der Waals surface area contributed by atoms with Crippen molar-refractivity contribution in [2.24, 2.45) is 17.6 Å². The normalized spacial score (nSPS) is 30.5. The summed E-state index contributed by atoms with van der Waals surface area (Å²) in [4.78, 5) is 11.6. The third-order valence-electron chi connectivity index (χ3n) is 3.74. The van der Waals surface area contributed by atoms with Gasteiger partial charge < -0.3 is 11.1 Å². The van der Waals surface area contributed by atoms with Crippen LogP contribution in [0.25, 0.3) is 0 Å². The van der Waals surface area contributed by atoms with Crippen molar-refractivity contribution in [2.45, 2.75) is 51.0 Å². The Morgan fingerprint density at radius 2 is 2.07 bits per heavy atom. The summed E-state index contributed by atoms with van der Waals surface area (Å²) in [5.41, 5.74) is 5.93. The zero-order valence-electron chi connectivity index (χ0n) is 9.37. The molecule has 2 saturated carbocycles. The van der Waals surface area contributed by atoms with Crippen LogP contribution in [0.2, 0.25) is 0 Å². The Kier molecular flexibility index (Phi) is 3.62. The SMILES string of the molecule is N[C@@H]1CCC[C@H]1CC(=O)NCCC1CC1. The lowest BCUT2D eigenvalue weighted by atomic mass is 10.00. The number of nitrogens with two attached hydrogens (primary N) is 1. The summed E-state index contributed by atoms with van der Waals surface area (Å²) >= 11 is 0. The summed E-state index contributed by atoms with van der Waals surface area (Å²) in [7, 11) is 0. The molecule has 0 aromatic carbocycles. The molecule has 1 amide bonds. The van der Waals surface area contributed by atoms with Crippen molar-refractivity contribution in [2.75, 3.05) is 6.54 Å². The Morgan fingerprint density at radius 3 is 2.67 bits per heavy atom. The molecule has 2 rings (SSSR count). The summed E-state index contributed by atoms with van der Waals surface area (Å²) in [6.45, 7) is 0.867. The van der Waals surface area contributed by atoms with E-state index in [1.54, 1.807) is 0 Å². The van der Waals surface area contributed by atoms with Crippen molar-refractivity contribution in [1.82, 2.24) is 5.32 Å². The van der Waals surface area contributed by atoms with Crippen molar-refractivity contribution < 1.29 is 4.79 Å². The standard InChI is InChI=1S/C12H22N2O/c13-11-3-1-2-10(11)8-12(15)14-7-6-9-4-5-9/h9-11H,1-8,13H2,(H,14,15)/t10-,11+/m0/s1. The lowest BCUT2D eigenvalue weighted by Crippen LogP contribution is -2.32. The summed E-state index contributed by atoms with van der Waals surface area (Å²) in [5.74, 6) is 1.54. The van der Waals surface area contributed by atoms with Crippen molar-refractivity contribution in [1.29, 1.82) is 0 Å². The molecule has 0 heterocycles. The van der Waals surface area contributed by atoms with Crippen molar-refractivity contribution >= 4 is 5.91 Å². The van der Waals surface area contributed by atoms with Crippen LogP contribution in [0.1, 0.15) is 44.9 Å². The minimum atomic E-state index is 0.206. The van der Waals surface area contributed by atoms with Gasteiger partial charge >= 0.3 is 0 Å². The van der Waals surface area contributed by atoms with Crippen LogP contribution >= 0.6 is 0 Å². The van der Waals surface area contributed by atoms with Crippen molar-refractivity contribution in [3.05, 3.63) is 0 Å². The highest BCUT2D eigenvalue weighted by Gasteiger charge is 2.26. The topological polar surface area (TPSA) is 55.1 Å². The Hall–Kier alpha value is -0.570. The Bertz CT molecular complexity index is 226. The molecule has 86 valence electrons. The molecular weight excluding hydrogens is 188 g/mol. The minimum absolute atomic E-state index is 0.206. The molecule has 3 N–H and O–H groups in total. The van der Waals surface area contributed by atoms with Crippen molar-refractivity contribution in [3.8, 4) is 0 Å². The van der Waals surface area contributed by atoms with Crippen LogP contribution < -0.4 is 11.1 Å². The van der Waals surface area contributed by atoms with E-state index in [-0.39, 0.29) is 11.9 Å². The van der Waals surface area contributed by atoms with Crippen LogP contribution in [0.15, 0.2) is 0 Å². The molecule has 3 heteroatoms. The largest absolute Gasteiger partial charge is 0.356 e. The van der Waals surface area contributed by atoms with E-state index >= 15 is 0 Å². The molecule has 3 nitrogen and oxygen atoms in total. The highest BCUT2D eigenvalue weighted by molar-refractivity contribution is 5.76. The molecule has 0 aromatic heterocycles. The molecule has 0 unspecified atom stereocenters. The van der Waals surface area contributed by atoms with E-state index in [2.05, 4.69) is 5.32 Å². The lowest BCUT2D eigenvalue weighted by molar-refractivity contribution is -0.122. The fourth-order valence-corrected chi connectivity index (χ4v) is 2.45. The van der Waals surface area contributed by atoms with E-state index in [0.717, 1.165) is 25.3 Å². The first-order valence-corrected chi connectivity index (χ1v) is 6.28. The third kappa shape index (κ3) is 3.49. The predicted molar refractivity (Wildman–Crippen MR) is 60.3 cm³/mol. The van der Waals surface area contributed by atoms with E-state index in [4.69, 9.17) is 5.73 Å².